The minimum atomic E-state index is 0.101. The van der Waals surface area contributed by atoms with Crippen molar-refractivity contribution in [3.63, 3.8) is 0 Å². The lowest BCUT2D eigenvalue weighted by molar-refractivity contribution is -0.121. The Bertz CT molecular complexity index is 443. The molecule has 2 rings (SSSR count). The van der Waals surface area contributed by atoms with Crippen LogP contribution in [0.5, 0.6) is 11.5 Å². The van der Waals surface area contributed by atoms with Gasteiger partial charge in [-0.05, 0) is 30.0 Å². The lowest BCUT2D eigenvalue weighted by Gasteiger charge is -2.18. The first-order chi connectivity index (χ1) is 9.15. The van der Waals surface area contributed by atoms with Crippen molar-refractivity contribution in [2.24, 2.45) is 5.92 Å². The zero-order valence-electron chi connectivity index (χ0n) is 11.6. The molecular weight excluding hydrogens is 242 g/mol. The molecule has 0 fully saturated rings. The first-order valence-electron chi connectivity index (χ1n) is 6.80. The zero-order chi connectivity index (χ0) is 13.7. The van der Waals surface area contributed by atoms with E-state index >= 15 is 0 Å². The Morgan fingerprint density at radius 1 is 1.26 bits per heavy atom. The molecule has 4 nitrogen and oxygen atoms in total. The van der Waals surface area contributed by atoms with E-state index in [9.17, 15) is 4.79 Å². The second-order valence-corrected chi connectivity index (χ2v) is 5.18. The van der Waals surface area contributed by atoms with Crippen LogP contribution in [0.2, 0.25) is 0 Å². The van der Waals surface area contributed by atoms with Crippen LogP contribution < -0.4 is 14.8 Å². The predicted octanol–water partition coefficient (Wildman–Crippen LogP) is 2.16. The summed E-state index contributed by atoms with van der Waals surface area (Å²) in [5.74, 6) is 2.16. The number of benzene rings is 1. The van der Waals surface area contributed by atoms with Crippen molar-refractivity contribution in [1.82, 2.24) is 5.32 Å². The Labute approximate surface area is 114 Å². The number of ether oxygens (including phenoxy) is 2. The summed E-state index contributed by atoms with van der Waals surface area (Å²) in [7, 11) is 0. The van der Waals surface area contributed by atoms with Crippen LogP contribution in [-0.2, 0) is 11.2 Å². The van der Waals surface area contributed by atoms with Gasteiger partial charge in [0.15, 0.2) is 11.5 Å². The minimum absolute atomic E-state index is 0.101. The van der Waals surface area contributed by atoms with Crippen molar-refractivity contribution in [2.75, 3.05) is 19.8 Å². The number of hydrogen-bond acceptors (Lipinski definition) is 3. The van der Waals surface area contributed by atoms with Crippen molar-refractivity contribution in [2.45, 2.75) is 26.7 Å². The van der Waals surface area contributed by atoms with Crippen LogP contribution in [0.15, 0.2) is 18.2 Å². The van der Waals surface area contributed by atoms with Gasteiger partial charge < -0.3 is 14.8 Å². The Kier molecular flexibility index (Phi) is 4.66. The fourth-order valence-electron chi connectivity index (χ4n) is 1.91. The lowest BCUT2D eigenvalue weighted by atomic mass is 10.1. The van der Waals surface area contributed by atoms with Crippen LogP contribution in [0.4, 0.5) is 0 Å². The monoisotopic (exact) mass is 263 g/mol. The van der Waals surface area contributed by atoms with Gasteiger partial charge in [-0.1, -0.05) is 19.9 Å². The third-order valence-corrected chi connectivity index (χ3v) is 2.95. The molecule has 0 bridgehead atoms. The van der Waals surface area contributed by atoms with Crippen LogP contribution in [0, 0.1) is 5.92 Å². The van der Waals surface area contributed by atoms with Gasteiger partial charge in [-0.15, -0.1) is 0 Å². The zero-order valence-corrected chi connectivity index (χ0v) is 11.6. The van der Waals surface area contributed by atoms with Gasteiger partial charge in [0, 0.05) is 13.0 Å². The molecule has 0 saturated carbocycles. The maximum atomic E-state index is 11.6. The summed E-state index contributed by atoms with van der Waals surface area (Å²) in [6.45, 7) is 6.09. The Morgan fingerprint density at radius 2 is 2.00 bits per heavy atom. The van der Waals surface area contributed by atoms with E-state index in [-0.39, 0.29) is 5.91 Å². The van der Waals surface area contributed by atoms with Gasteiger partial charge in [-0.25, -0.2) is 0 Å². The Balaban J connectivity index is 1.84. The number of fused-ring (bicyclic) bond motifs is 1. The van der Waals surface area contributed by atoms with Crippen LogP contribution >= 0.6 is 0 Å². The van der Waals surface area contributed by atoms with Gasteiger partial charge in [0.2, 0.25) is 5.91 Å². The number of aryl methyl sites for hydroxylation is 1. The van der Waals surface area contributed by atoms with E-state index in [0.29, 0.717) is 25.6 Å². The number of carbonyl (C=O) groups excluding carboxylic acids is 1. The standard InChI is InChI=1S/C15H21NO3/c1-11(2)10-16-15(17)6-4-12-3-5-13-14(9-12)19-8-7-18-13/h3,5,9,11H,4,6-8,10H2,1-2H3,(H,16,17). The topological polar surface area (TPSA) is 47.6 Å². The van der Waals surface area contributed by atoms with Crippen LogP contribution in [0.3, 0.4) is 0 Å². The summed E-state index contributed by atoms with van der Waals surface area (Å²) in [6.07, 6.45) is 1.23. The molecule has 0 unspecified atom stereocenters. The van der Waals surface area contributed by atoms with Crippen molar-refractivity contribution in [3.05, 3.63) is 23.8 Å². The van der Waals surface area contributed by atoms with E-state index in [0.717, 1.165) is 30.0 Å². The molecule has 0 spiro atoms. The fraction of sp³-hybridized carbons (Fsp3) is 0.533. The van der Waals surface area contributed by atoms with E-state index in [1.54, 1.807) is 0 Å². The van der Waals surface area contributed by atoms with Crippen molar-refractivity contribution >= 4 is 5.91 Å². The average molecular weight is 263 g/mol. The molecule has 1 N–H and O–H groups in total. The van der Waals surface area contributed by atoms with E-state index in [1.165, 1.54) is 0 Å². The van der Waals surface area contributed by atoms with Crippen molar-refractivity contribution in [3.8, 4) is 11.5 Å². The maximum Gasteiger partial charge on any atom is 0.220 e. The number of nitrogens with one attached hydrogen (secondary N) is 1. The van der Waals surface area contributed by atoms with E-state index in [2.05, 4.69) is 19.2 Å². The summed E-state index contributed by atoms with van der Waals surface area (Å²) >= 11 is 0. The lowest BCUT2D eigenvalue weighted by Crippen LogP contribution is -2.27. The third kappa shape index (κ3) is 4.16. The van der Waals surface area contributed by atoms with Crippen molar-refractivity contribution in [1.29, 1.82) is 0 Å². The Hall–Kier alpha value is -1.71. The molecule has 0 saturated heterocycles. The molecule has 19 heavy (non-hydrogen) atoms. The molecule has 0 radical (unpaired) electrons. The average Bonchev–Trinajstić information content (AvgIpc) is 2.42. The molecule has 0 aromatic heterocycles. The second kappa shape index (κ2) is 6.45. The molecule has 1 aromatic carbocycles. The van der Waals surface area contributed by atoms with Crippen molar-refractivity contribution < 1.29 is 14.3 Å². The van der Waals surface area contributed by atoms with Gasteiger partial charge in [-0.2, -0.15) is 0 Å². The quantitative estimate of drug-likeness (QED) is 0.885. The van der Waals surface area contributed by atoms with Crippen LogP contribution in [-0.4, -0.2) is 25.7 Å². The number of hydrogen-bond donors (Lipinski definition) is 1. The highest BCUT2D eigenvalue weighted by molar-refractivity contribution is 5.76. The molecule has 104 valence electrons. The van der Waals surface area contributed by atoms with Crippen LogP contribution in [0.1, 0.15) is 25.8 Å². The highest BCUT2D eigenvalue weighted by Crippen LogP contribution is 2.30. The summed E-state index contributed by atoms with van der Waals surface area (Å²) in [6, 6.07) is 5.86. The molecule has 1 amide bonds. The summed E-state index contributed by atoms with van der Waals surface area (Å²) in [4.78, 5) is 11.6. The van der Waals surface area contributed by atoms with Crippen LogP contribution in [0.25, 0.3) is 0 Å². The first-order valence-corrected chi connectivity index (χ1v) is 6.80. The van der Waals surface area contributed by atoms with E-state index in [1.807, 2.05) is 18.2 Å². The van der Waals surface area contributed by atoms with Gasteiger partial charge in [-0.3, -0.25) is 4.79 Å². The van der Waals surface area contributed by atoms with Gasteiger partial charge >= 0.3 is 0 Å². The molecule has 1 aliphatic rings. The minimum Gasteiger partial charge on any atom is -0.486 e. The fourth-order valence-corrected chi connectivity index (χ4v) is 1.91. The van der Waals surface area contributed by atoms with Gasteiger partial charge in [0.05, 0.1) is 0 Å². The molecule has 1 aliphatic heterocycles. The second-order valence-electron chi connectivity index (χ2n) is 5.18. The maximum absolute atomic E-state index is 11.6. The molecule has 1 aromatic rings. The largest absolute Gasteiger partial charge is 0.486 e. The molecule has 1 heterocycles. The molecule has 0 atom stereocenters. The molecule has 0 aliphatic carbocycles. The highest BCUT2D eigenvalue weighted by atomic mass is 16.6. The van der Waals surface area contributed by atoms with Gasteiger partial charge in [0.25, 0.3) is 0 Å². The first kappa shape index (κ1) is 13.7. The smallest absolute Gasteiger partial charge is 0.220 e. The van der Waals surface area contributed by atoms with E-state index in [4.69, 9.17) is 9.47 Å². The predicted molar refractivity (Wildman–Crippen MR) is 73.6 cm³/mol. The molecule has 4 heteroatoms. The number of amides is 1. The molecular formula is C15H21NO3. The summed E-state index contributed by atoms with van der Waals surface area (Å²) in [5, 5.41) is 2.92. The SMILES string of the molecule is CC(C)CNC(=O)CCc1ccc2c(c1)OCCO2. The third-order valence-electron chi connectivity index (χ3n) is 2.95. The number of rotatable bonds is 5. The summed E-state index contributed by atoms with van der Waals surface area (Å²) in [5.41, 5.74) is 1.10. The van der Waals surface area contributed by atoms with Gasteiger partial charge in [0.1, 0.15) is 13.2 Å². The van der Waals surface area contributed by atoms with E-state index < -0.39 is 0 Å². The Morgan fingerprint density at radius 3 is 2.74 bits per heavy atom. The summed E-state index contributed by atoms with van der Waals surface area (Å²) < 4.78 is 11.0. The normalized spacial score (nSPS) is 13.4. The highest BCUT2D eigenvalue weighted by Gasteiger charge is 2.12. The number of carbonyl (C=O) groups is 1.